The van der Waals surface area contributed by atoms with Gasteiger partial charge in [0.25, 0.3) is 0 Å². The van der Waals surface area contributed by atoms with Gasteiger partial charge in [-0.25, -0.2) is 4.98 Å². The first-order chi connectivity index (χ1) is 6.29. The fourth-order valence-electron chi connectivity index (χ4n) is 1.23. The van der Waals surface area contributed by atoms with Crippen molar-refractivity contribution in [2.24, 2.45) is 0 Å². The minimum absolute atomic E-state index is 0.0949. The molecule has 74 valence electrons. The quantitative estimate of drug-likeness (QED) is 0.716. The summed E-state index contributed by atoms with van der Waals surface area (Å²) >= 11 is 0. The van der Waals surface area contributed by atoms with E-state index in [1.807, 2.05) is 10.8 Å². The first-order valence-electron chi connectivity index (χ1n) is 4.05. The summed E-state index contributed by atoms with van der Waals surface area (Å²) in [7, 11) is 3.30. The van der Waals surface area contributed by atoms with Crippen LogP contribution in [0.2, 0.25) is 0 Å². The van der Waals surface area contributed by atoms with Crippen LogP contribution in [0, 0.1) is 0 Å². The molecule has 2 N–H and O–H groups in total. The number of ether oxygens (including phenoxy) is 2. The highest BCUT2D eigenvalue weighted by molar-refractivity contribution is 5.18. The second kappa shape index (κ2) is 4.84. The van der Waals surface area contributed by atoms with Gasteiger partial charge in [-0.05, 0) is 0 Å². The van der Waals surface area contributed by atoms with E-state index < -0.39 is 0 Å². The van der Waals surface area contributed by atoms with Crippen LogP contribution in [0.4, 0.5) is 5.95 Å². The SMILES string of the molecule is COCC(COC)n1ccnc1N. The Morgan fingerprint density at radius 2 is 2.08 bits per heavy atom. The van der Waals surface area contributed by atoms with Crippen LogP contribution in [0.1, 0.15) is 6.04 Å². The number of nitrogen functional groups attached to an aromatic ring is 1. The van der Waals surface area contributed by atoms with Crippen molar-refractivity contribution < 1.29 is 9.47 Å². The average molecular weight is 185 g/mol. The molecule has 0 aromatic carbocycles. The van der Waals surface area contributed by atoms with Gasteiger partial charge in [0.05, 0.1) is 19.3 Å². The van der Waals surface area contributed by atoms with Crippen molar-refractivity contribution in [3.8, 4) is 0 Å². The van der Waals surface area contributed by atoms with Gasteiger partial charge < -0.3 is 19.8 Å². The highest BCUT2D eigenvalue weighted by atomic mass is 16.5. The van der Waals surface area contributed by atoms with E-state index in [9.17, 15) is 0 Å². The van der Waals surface area contributed by atoms with Gasteiger partial charge in [0.15, 0.2) is 0 Å². The predicted octanol–water partition coefficient (Wildman–Crippen LogP) is 0.299. The van der Waals surface area contributed by atoms with E-state index >= 15 is 0 Å². The lowest BCUT2D eigenvalue weighted by molar-refractivity contribution is 0.0904. The van der Waals surface area contributed by atoms with Crippen LogP contribution in [0.3, 0.4) is 0 Å². The highest BCUT2D eigenvalue weighted by Crippen LogP contribution is 2.11. The number of methoxy groups -OCH3 is 2. The second-order valence-electron chi connectivity index (χ2n) is 2.76. The van der Waals surface area contributed by atoms with Crippen molar-refractivity contribution in [3.05, 3.63) is 12.4 Å². The van der Waals surface area contributed by atoms with E-state index in [0.29, 0.717) is 19.2 Å². The van der Waals surface area contributed by atoms with Gasteiger partial charge in [-0.2, -0.15) is 0 Å². The third kappa shape index (κ3) is 2.43. The number of hydrogen-bond acceptors (Lipinski definition) is 4. The Morgan fingerprint density at radius 1 is 1.46 bits per heavy atom. The molecule has 1 rings (SSSR count). The Bertz CT molecular complexity index is 243. The minimum atomic E-state index is 0.0949. The van der Waals surface area contributed by atoms with Crippen molar-refractivity contribution in [3.63, 3.8) is 0 Å². The molecule has 0 unspecified atom stereocenters. The van der Waals surface area contributed by atoms with Crippen LogP contribution in [0.5, 0.6) is 0 Å². The molecule has 0 amide bonds. The summed E-state index contributed by atoms with van der Waals surface area (Å²) in [6.07, 6.45) is 3.48. The molecule has 5 heteroatoms. The Labute approximate surface area is 77.5 Å². The summed E-state index contributed by atoms with van der Waals surface area (Å²) in [6.45, 7) is 1.13. The predicted molar refractivity (Wildman–Crippen MR) is 49.4 cm³/mol. The molecular formula is C8H15N3O2. The van der Waals surface area contributed by atoms with Crippen molar-refractivity contribution in [2.75, 3.05) is 33.2 Å². The zero-order chi connectivity index (χ0) is 9.68. The summed E-state index contributed by atoms with van der Waals surface area (Å²) in [5, 5.41) is 0. The van der Waals surface area contributed by atoms with E-state index in [2.05, 4.69) is 4.98 Å². The maximum absolute atomic E-state index is 5.64. The van der Waals surface area contributed by atoms with Crippen molar-refractivity contribution >= 4 is 5.95 Å². The molecule has 0 atom stereocenters. The Kier molecular flexibility index (Phi) is 3.72. The Balaban J connectivity index is 2.69. The molecule has 0 saturated heterocycles. The molecule has 0 saturated carbocycles. The first-order valence-corrected chi connectivity index (χ1v) is 4.05. The molecule has 1 aromatic heterocycles. The summed E-state index contributed by atoms with van der Waals surface area (Å²) in [5.41, 5.74) is 5.64. The van der Waals surface area contributed by atoms with Crippen LogP contribution in [0.25, 0.3) is 0 Å². The fourth-order valence-corrected chi connectivity index (χ4v) is 1.23. The molecule has 13 heavy (non-hydrogen) atoms. The lowest BCUT2D eigenvalue weighted by Gasteiger charge is -2.17. The largest absolute Gasteiger partial charge is 0.382 e. The fraction of sp³-hybridized carbons (Fsp3) is 0.625. The van der Waals surface area contributed by atoms with E-state index in [-0.39, 0.29) is 6.04 Å². The topological polar surface area (TPSA) is 62.3 Å². The molecule has 1 heterocycles. The maximum Gasteiger partial charge on any atom is 0.200 e. The van der Waals surface area contributed by atoms with Crippen molar-refractivity contribution in [1.82, 2.24) is 9.55 Å². The van der Waals surface area contributed by atoms with E-state index in [1.165, 1.54) is 0 Å². The lowest BCUT2D eigenvalue weighted by atomic mass is 10.3. The van der Waals surface area contributed by atoms with Crippen LogP contribution in [-0.4, -0.2) is 37.0 Å². The first kappa shape index (κ1) is 10.0. The number of anilines is 1. The number of rotatable bonds is 5. The molecule has 0 aliphatic carbocycles. The molecule has 0 aliphatic heterocycles. The number of nitrogens with two attached hydrogens (primary N) is 1. The smallest absolute Gasteiger partial charge is 0.200 e. The monoisotopic (exact) mass is 185 g/mol. The molecule has 1 aromatic rings. The third-order valence-corrected chi connectivity index (χ3v) is 1.81. The van der Waals surface area contributed by atoms with Crippen LogP contribution in [0.15, 0.2) is 12.4 Å². The average Bonchev–Trinajstić information content (AvgIpc) is 2.51. The Morgan fingerprint density at radius 3 is 2.46 bits per heavy atom. The molecule has 0 bridgehead atoms. The van der Waals surface area contributed by atoms with E-state index in [0.717, 1.165) is 0 Å². The van der Waals surface area contributed by atoms with Crippen molar-refractivity contribution in [2.45, 2.75) is 6.04 Å². The molecule has 0 radical (unpaired) electrons. The number of imidazole rings is 1. The van der Waals surface area contributed by atoms with Gasteiger partial charge in [0.1, 0.15) is 0 Å². The minimum Gasteiger partial charge on any atom is -0.382 e. The lowest BCUT2D eigenvalue weighted by Crippen LogP contribution is -2.20. The van der Waals surface area contributed by atoms with Crippen LogP contribution < -0.4 is 5.73 Å². The Hall–Kier alpha value is -1.07. The zero-order valence-corrected chi connectivity index (χ0v) is 7.93. The summed E-state index contributed by atoms with van der Waals surface area (Å²) in [6, 6.07) is 0.0949. The zero-order valence-electron chi connectivity index (χ0n) is 7.93. The molecule has 5 nitrogen and oxygen atoms in total. The number of hydrogen-bond donors (Lipinski definition) is 1. The van der Waals surface area contributed by atoms with Gasteiger partial charge >= 0.3 is 0 Å². The van der Waals surface area contributed by atoms with Crippen LogP contribution >= 0.6 is 0 Å². The molecule has 0 fully saturated rings. The molecule has 0 spiro atoms. The van der Waals surface area contributed by atoms with Gasteiger partial charge in [0, 0.05) is 26.6 Å². The highest BCUT2D eigenvalue weighted by Gasteiger charge is 2.12. The van der Waals surface area contributed by atoms with Gasteiger partial charge in [-0.3, -0.25) is 0 Å². The van der Waals surface area contributed by atoms with E-state index in [4.69, 9.17) is 15.2 Å². The van der Waals surface area contributed by atoms with Crippen LogP contribution in [-0.2, 0) is 9.47 Å². The maximum atomic E-state index is 5.64. The second-order valence-corrected chi connectivity index (χ2v) is 2.76. The van der Waals surface area contributed by atoms with Gasteiger partial charge in [0.2, 0.25) is 5.95 Å². The number of nitrogens with zero attached hydrogens (tertiary/aromatic N) is 2. The van der Waals surface area contributed by atoms with Gasteiger partial charge in [-0.1, -0.05) is 0 Å². The summed E-state index contributed by atoms with van der Waals surface area (Å²) in [4.78, 5) is 3.93. The normalized spacial score (nSPS) is 11.0. The summed E-state index contributed by atoms with van der Waals surface area (Å²) < 4.78 is 11.9. The molecular weight excluding hydrogens is 170 g/mol. The summed E-state index contributed by atoms with van der Waals surface area (Å²) in [5.74, 6) is 0.485. The number of aromatic nitrogens is 2. The van der Waals surface area contributed by atoms with Crippen molar-refractivity contribution in [1.29, 1.82) is 0 Å². The molecule has 0 aliphatic rings. The standard InChI is InChI=1S/C8H15N3O2/c1-12-5-7(6-13-2)11-4-3-10-8(11)9/h3-4,7H,5-6H2,1-2H3,(H2,9,10). The van der Waals surface area contributed by atoms with Gasteiger partial charge in [-0.15, -0.1) is 0 Å². The van der Waals surface area contributed by atoms with E-state index in [1.54, 1.807) is 20.4 Å². The third-order valence-electron chi connectivity index (χ3n) is 1.81.